The second-order valence-corrected chi connectivity index (χ2v) is 7.75. The van der Waals surface area contributed by atoms with Crippen LogP contribution in [0.3, 0.4) is 0 Å². The number of hydrogen-bond acceptors (Lipinski definition) is 5. The van der Waals surface area contributed by atoms with Crippen LogP contribution in [0.1, 0.15) is 19.3 Å². The summed E-state index contributed by atoms with van der Waals surface area (Å²) in [5.41, 5.74) is 7.68. The van der Waals surface area contributed by atoms with Gasteiger partial charge in [0.25, 0.3) is 0 Å². The van der Waals surface area contributed by atoms with Gasteiger partial charge in [0.2, 0.25) is 0 Å². The molecule has 6 rings (SSSR count). The molecule has 7 heteroatoms. The molecule has 0 amide bonds. The predicted octanol–water partition coefficient (Wildman–Crippen LogP) is 4.55. The number of nitrogens with one attached hydrogen (secondary N) is 2. The number of anilines is 1. The Bertz CT molecular complexity index is 1330. The molecular formula is C23H21N7. The molecule has 1 saturated heterocycles. The Hall–Kier alpha value is -3.74. The first-order valence-electron chi connectivity index (χ1n) is 10.3. The molecule has 1 fully saturated rings. The third-order valence-corrected chi connectivity index (χ3v) is 5.86. The van der Waals surface area contributed by atoms with Crippen molar-refractivity contribution >= 4 is 27.6 Å². The van der Waals surface area contributed by atoms with Crippen molar-refractivity contribution in [2.45, 2.75) is 19.3 Å². The van der Waals surface area contributed by atoms with Crippen LogP contribution in [0, 0.1) is 0 Å². The van der Waals surface area contributed by atoms with E-state index >= 15 is 0 Å². The monoisotopic (exact) mass is 395 g/mol. The molecule has 7 nitrogen and oxygen atoms in total. The molecule has 0 aliphatic carbocycles. The van der Waals surface area contributed by atoms with Crippen molar-refractivity contribution in [3.05, 3.63) is 55.1 Å². The van der Waals surface area contributed by atoms with E-state index in [9.17, 15) is 0 Å². The van der Waals surface area contributed by atoms with Gasteiger partial charge in [-0.3, -0.25) is 15.1 Å². The number of aromatic nitrogens is 6. The summed E-state index contributed by atoms with van der Waals surface area (Å²) in [7, 11) is 0. The summed E-state index contributed by atoms with van der Waals surface area (Å²) in [6.45, 7) is 2.17. The number of fused-ring (bicyclic) bond motifs is 2. The quantitative estimate of drug-likeness (QED) is 0.468. The zero-order valence-electron chi connectivity index (χ0n) is 16.5. The maximum Gasteiger partial charge on any atom is 0.135 e. The van der Waals surface area contributed by atoms with Crippen molar-refractivity contribution in [1.82, 2.24) is 30.1 Å². The van der Waals surface area contributed by atoms with Crippen molar-refractivity contribution in [2.75, 3.05) is 18.0 Å². The van der Waals surface area contributed by atoms with Gasteiger partial charge >= 0.3 is 0 Å². The summed E-state index contributed by atoms with van der Waals surface area (Å²) in [5.74, 6) is 0. The second-order valence-electron chi connectivity index (χ2n) is 7.75. The van der Waals surface area contributed by atoms with E-state index in [-0.39, 0.29) is 0 Å². The molecule has 0 spiro atoms. The van der Waals surface area contributed by atoms with Crippen LogP contribution < -0.4 is 4.90 Å². The summed E-state index contributed by atoms with van der Waals surface area (Å²) in [6.07, 6.45) is 11.2. The SMILES string of the molecule is c1cc(-c2ccc3[nH]nc(-c4cc5c(N6CCCCC6)cncc5[nH]4)c3n2)ccn1. The number of H-pyrrole nitrogens is 2. The highest BCUT2D eigenvalue weighted by Gasteiger charge is 2.18. The standard InChI is InChI=1S/C23H21N7/c1-2-10-30(11-3-1)21-14-25-13-20-16(21)12-19(26-20)23-22-18(28-29-23)5-4-17(27-22)15-6-8-24-9-7-15/h4-9,12-14,26H,1-3,10-11H2,(H,28,29). The lowest BCUT2D eigenvalue weighted by atomic mass is 10.1. The molecule has 2 N–H and O–H groups in total. The highest BCUT2D eigenvalue weighted by atomic mass is 15.1. The van der Waals surface area contributed by atoms with Gasteiger partial charge in [-0.25, -0.2) is 4.98 Å². The van der Waals surface area contributed by atoms with E-state index in [1.54, 1.807) is 12.4 Å². The molecule has 0 radical (unpaired) electrons. The fraction of sp³-hybridized carbons (Fsp3) is 0.217. The average Bonchev–Trinajstić information content (AvgIpc) is 3.43. The summed E-state index contributed by atoms with van der Waals surface area (Å²) in [4.78, 5) is 19.4. The van der Waals surface area contributed by atoms with Crippen molar-refractivity contribution < 1.29 is 0 Å². The smallest absolute Gasteiger partial charge is 0.135 e. The number of rotatable bonds is 3. The molecule has 1 aliphatic heterocycles. The van der Waals surface area contributed by atoms with Gasteiger partial charge in [-0.2, -0.15) is 5.10 Å². The Morgan fingerprint density at radius 3 is 2.60 bits per heavy atom. The first kappa shape index (κ1) is 17.1. The first-order valence-corrected chi connectivity index (χ1v) is 10.3. The van der Waals surface area contributed by atoms with Crippen LogP contribution in [-0.4, -0.2) is 43.2 Å². The van der Waals surface area contributed by atoms with Gasteiger partial charge in [-0.15, -0.1) is 0 Å². The highest BCUT2D eigenvalue weighted by molar-refractivity contribution is 5.98. The van der Waals surface area contributed by atoms with E-state index in [1.165, 1.54) is 30.3 Å². The molecule has 0 unspecified atom stereocenters. The lowest BCUT2D eigenvalue weighted by Gasteiger charge is -2.28. The van der Waals surface area contributed by atoms with Crippen molar-refractivity contribution in [3.63, 3.8) is 0 Å². The van der Waals surface area contributed by atoms with E-state index in [0.29, 0.717) is 0 Å². The summed E-state index contributed by atoms with van der Waals surface area (Å²) >= 11 is 0. The minimum absolute atomic E-state index is 0.821. The average molecular weight is 395 g/mol. The van der Waals surface area contributed by atoms with Gasteiger partial charge < -0.3 is 9.88 Å². The summed E-state index contributed by atoms with van der Waals surface area (Å²) < 4.78 is 0. The zero-order valence-corrected chi connectivity index (χ0v) is 16.5. The van der Waals surface area contributed by atoms with Crippen molar-refractivity contribution in [3.8, 4) is 22.6 Å². The topological polar surface area (TPSA) is 86.4 Å². The van der Waals surface area contributed by atoms with Gasteiger partial charge in [0.15, 0.2) is 0 Å². The van der Waals surface area contributed by atoms with E-state index in [4.69, 9.17) is 4.98 Å². The fourth-order valence-corrected chi connectivity index (χ4v) is 4.32. The molecular weight excluding hydrogens is 374 g/mol. The minimum atomic E-state index is 0.821. The Morgan fingerprint density at radius 1 is 0.867 bits per heavy atom. The second kappa shape index (κ2) is 6.95. The Balaban J connectivity index is 1.47. The minimum Gasteiger partial charge on any atom is -0.370 e. The third kappa shape index (κ3) is 2.82. The van der Waals surface area contributed by atoms with E-state index in [2.05, 4.69) is 36.1 Å². The first-order chi connectivity index (χ1) is 14.9. The molecule has 1 aliphatic rings. The van der Waals surface area contributed by atoms with Gasteiger partial charge in [-0.05, 0) is 49.6 Å². The lowest BCUT2D eigenvalue weighted by Crippen LogP contribution is -2.29. The largest absolute Gasteiger partial charge is 0.370 e. The Morgan fingerprint density at radius 2 is 1.73 bits per heavy atom. The molecule has 148 valence electrons. The maximum absolute atomic E-state index is 4.90. The molecule has 0 atom stereocenters. The van der Waals surface area contributed by atoms with Crippen LogP contribution in [0.5, 0.6) is 0 Å². The van der Waals surface area contributed by atoms with Crippen LogP contribution in [0.2, 0.25) is 0 Å². The molecule has 6 heterocycles. The highest BCUT2D eigenvalue weighted by Crippen LogP contribution is 2.33. The van der Waals surface area contributed by atoms with Gasteiger partial charge in [0.05, 0.1) is 40.5 Å². The van der Waals surface area contributed by atoms with Gasteiger partial charge in [0, 0.05) is 36.4 Å². The maximum atomic E-state index is 4.90. The number of pyridine rings is 3. The summed E-state index contributed by atoms with van der Waals surface area (Å²) in [6, 6.07) is 10.1. The predicted molar refractivity (Wildman–Crippen MR) is 118 cm³/mol. The van der Waals surface area contributed by atoms with Gasteiger partial charge in [-0.1, -0.05) is 0 Å². The molecule has 0 bridgehead atoms. The molecule has 0 saturated carbocycles. The van der Waals surface area contributed by atoms with Crippen LogP contribution >= 0.6 is 0 Å². The summed E-state index contributed by atoms with van der Waals surface area (Å²) in [5, 5.41) is 8.87. The van der Waals surface area contributed by atoms with Crippen LogP contribution in [-0.2, 0) is 0 Å². The number of piperidine rings is 1. The zero-order chi connectivity index (χ0) is 19.9. The van der Waals surface area contributed by atoms with E-state index in [1.807, 2.05) is 36.7 Å². The third-order valence-electron chi connectivity index (χ3n) is 5.86. The number of nitrogens with zero attached hydrogens (tertiary/aromatic N) is 5. The van der Waals surface area contributed by atoms with Crippen LogP contribution in [0.25, 0.3) is 44.6 Å². The Labute approximate surface area is 173 Å². The van der Waals surface area contributed by atoms with Crippen LogP contribution in [0.15, 0.2) is 55.1 Å². The molecule has 0 aromatic carbocycles. The van der Waals surface area contributed by atoms with E-state index in [0.717, 1.165) is 52.3 Å². The lowest BCUT2D eigenvalue weighted by molar-refractivity contribution is 0.578. The molecule has 30 heavy (non-hydrogen) atoms. The Kier molecular flexibility index (Phi) is 3.97. The molecule has 5 aromatic rings. The van der Waals surface area contributed by atoms with Crippen molar-refractivity contribution in [1.29, 1.82) is 0 Å². The normalized spacial score (nSPS) is 14.6. The number of hydrogen-bond donors (Lipinski definition) is 2. The van der Waals surface area contributed by atoms with Crippen LogP contribution in [0.4, 0.5) is 5.69 Å². The van der Waals surface area contributed by atoms with Gasteiger partial charge in [0.1, 0.15) is 11.2 Å². The number of aromatic amines is 2. The van der Waals surface area contributed by atoms with Crippen molar-refractivity contribution in [2.24, 2.45) is 0 Å². The fourth-order valence-electron chi connectivity index (χ4n) is 4.32. The molecule has 5 aromatic heterocycles. The van der Waals surface area contributed by atoms with E-state index < -0.39 is 0 Å².